The highest BCUT2D eigenvalue weighted by molar-refractivity contribution is 5.80. The smallest absolute Gasteiger partial charge is 0.322 e. The minimum Gasteiger partial charge on any atom is -0.480 e. The molecule has 0 aliphatic rings. The van der Waals surface area contributed by atoms with Crippen LogP contribution in [-0.2, 0) is 19.1 Å². The van der Waals surface area contributed by atoms with Gasteiger partial charge in [0, 0.05) is 12.8 Å². The second-order valence-electron chi connectivity index (χ2n) is 12.8. The average molecular weight is 646 g/mol. The molecule has 0 aliphatic carbocycles. The van der Waals surface area contributed by atoms with Crippen LogP contribution in [0, 0.1) is 0 Å². The van der Waals surface area contributed by atoms with Crippen molar-refractivity contribution in [3.8, 4) is 0 Å². The van der Waals surface area contributed by atoms with Crippen LogP contribution >= 0.6 is 0 Å². The average Bonchev–Trinajstić information content (AvgIpc) is 3.04. The third-order valence-corrected chi connectivity index (χ3v) is 8.31. The zero-order chi connectivity index (χ0) is 33.8. The number of esters is 1. The van der Waals surface area contributed by atoms with E-state index in [4.69, 9.17) is 9.84 Å². The standard InChI is InChI=1S/C40H71NO5/c1-3-5-7-9-11-13-14-15-16-17-18-19-20-21-23-25-31-35-40(45)46-37(32-28-24-22-12-10-8-6-4-2)33-29-26-27-30-34-38(42)41-36-39(43)44/h6,8,12,22,28,32,37H,3-5,7,9-11,13-21,23-27,29-31,33-36H2,1-2H3,(H,41,42)(H,43,44)/b8-6-,22-12-,32-28-. The summed E-state index contributed by atoms with van der Waals surface area (Å²) in [5.74, 6) is -1.36. The Morgan fingerprint density at radius 2 is 1.04 bits per heavy atom. The molecule has 0 heterocycles. The number of carboxylic acids is 1. The maximum absolute atomic E-state index is 12.6. The number of carbonyl (C=O) groups excluding carboxylic acids is 2. The molecule has 0 fully saturated rings. The number of amides is 1. The van der Waals surface area contributed by atoms with Gasteiger partial charge in [0.1, 0.15) is 12.6 Å². The van der Waals surface area contributed by atoms with Crippen molar-refractivity contribution in [3.63, 3.8) is 0 Å². The van der Waals surface area contributed by atoms with Gasteiger partial charge in [-0.2, -0.15) is 0 Å². The zero-order valence-corrected chi connectivity index (χ0v) is 29.9. The fourth-order valence-electron chi connectivity index (χ4n) is 5.51. The molecule has 0 aromatic rings. The molecule has 1 unspecified atom stereocenters. The van der Waals surface area contributed by atoms with Crippen molar-refractivity contribution in [1.29, 1.82) is 0 Å². The van der Waals surface area contributed by atoms with Crippen molar-refractivity contribution >= 4 is 17.8 Å². The summed E-state index contributed by atoms with van der Waals surface area (Å²) < 4.78 is 5.86. The van der Waals surface area contributed by atoms with E-state index in [-0.39, 0.29) is 24.5 Å². The van der Waals surface area contributed by atoms with E-state index in [2.05, 4.69) is 49.5 Å². The quantitative estimate of drug-likeness (QED) is 0.0412. The molecule has 0 saturated heterocycles. The van der Waals surface area contributed by atoms with E-state index < -0.39 is 5.97 Å². The molecule has 0 saturated carbocycles. The lowest BCUT2D eigenvalue weighted by Crippen LogP contribution is -2.28. The number of ether oxygens (including phenoxy) is 1. The molecule has 0 aliphatic heterocycles. The van der Waals surface area contributed by atoms with Crippen molar-refractivity contribution in [2.75, 3.05) is 6.54 Å². The van der Waals surface area contributed by atoms with Crippen molar-refractivity contribution in [1.82, 2.24) is 5.32 Å². The van der Waals surface area contributed by atoms with Gasteiger partial charge in [0.15, 0.2) is 0 Å². The molecule has 266 valence electrons. The SMILES string of the molecule is CC/C=C\C/C=C\C/C=C\C(CCCCCCC(=O)NCC(=O)O)OC(=O)CCCCCCCCCCCCCCCCCCC. The fourth-order valence-corrected chi connectivity index (χ4v) is 5.51. The predicted molar refractivity (Wildman–Crippen MR) is 194 cm³/mol. The molecule has 0 radical (unpaired) electrons. The van der Waals surface area contributed by atoms with Crippen LogP contribution in [0.4, 0.5) is 0 Å². The molecule has 2 N–H and O–H groups in total. The summed E-state index contributed by atoms with van der Waals surface area (Å²) in [4.78, 5) is 34.8. The van der Waals surface area contributed by atoms with Crippen LogP contribution in [0.15, 0.2) is 36.5 Å². The number of hydrogen-bond acceptors (Lipinski definition) is 4. The molecule has 6 heteroatoms. The summed E-state index contributed by atoms with van der Waals surface area (Å²) in [5, 5.41) is 11.0. The van der Waals surface area contributed by atoms with Crippen molar-refractivity contribution in [2.24, 2.45) is 0 Å². The van der Waals surface area contributed by atoms with Gasteiger partial charge in [-0.1, -0.05) is 160 Å². The first-order chi connectivity index (χ1) is 22.5. The van der Waals surface area contributed by atoms with Gasteiger partial charge >= 0.3 is 11.9 Å². The highest BCUT2D eigenvalue weighted by Crippen LogP contribution is 2.16. The van der Waals surface area contributed by atoms with Crippen LogP contribution in [0.2, 0.25) is 0 Å². The zero-order valence-electron chi connectivity index (χ0n) is 29.9. The first-order valence-electron chi connectivity index (χ1n) is 19.1. The first kappa shape index (κ1) is 43.6. The number of allylic oxidation sites excluding steroid dienone is 5. The molecule has 0 rings (SSSR count). The Bertz CT molecular complexity index is 803. The van der Waals surface area contributed by atoms with Crippen molar-refractivity contribution in [2.45, 2.75) is 193 Å². The summed E-state index contributed by atoms with van der Waals surface area (Å²) >= 11 is 0. The third-order valence-electron chi connectivity index (χ3n) is 8.31. The Morgan fingerprint density at radius 1 is 0.587 bits per heavy atom. The van der Waals surface area contributed by atoms with Crippen molar-refractivity contribution in [3.05, 3.63) is 36.5 Å². The summed E-state index contributed by atoms with van der Waals surface area (Å²) in [6.07, 6.45) is 42.9. The maximum atomic E-state index is 12.6. The Labute approximate surface area is 283 Å². The second kappa shape index (κ2) is 35.5. The van der Waals surface area contributed by atoms with Crippen LogP contribution in [0.3, 0.4) is 0 Å². The molecular weight excluding hydrogens is 574 g/mol. The number of aliphatic carboxylic acids is 1. The maximum Gasteiger partial charge on any atom is 0.322 e. The molecule has 6 nitrogen and oxygen atoms in total. The van der Waals surface area contributed by atoms with Gasteiger partial charge in [-0.25, -0.2) is 0 Å². The number of hydrogen-bond donors (Lipinski definition) is 2. The van der Waals surface area contributed by atoms with E-state index in [9.17, 15) is 14.4 Å². The summed E-state index contributed by atoms with van der Waals surface area (Å²) in [5.41, 5.74) is 0. The number of carboxylic acid groups (broad SMARTS) is 1. The number of rotatable bonds is 34. The summed E-state index contributed by atoms with van der Waals surface area (Å²) in [6, 6.07) is 0. The topological polar surface area (TPSA) is 92.7 Å². The fraction of sp³-hybridized carbons (Fsp3) is 0.775. The normalized spacial score (nSPS) is 12.4. The Morgan fingerprint density at radius 3 is 1.57 bits per heavy atom. The van der Waals surface area contributed by atoms with E-state index in [1.807, 2.05) is 6.08 Å². The monoisotopic (exact) mass is 646 g/mol. The Kier molecular flexibility index (Phi) is 33.7. The van der Waals surface area contributed by atoms with Crippen LogP contribution in [0.5, 0.6) is 0 Å². The summed E-state index contributed by atoms with van der Waals surface area (Å²) in [7, 11) is 0. The summed E-state index contributed by atoms with van der Waals surface area (Å²) in [6.45, 7) is 4.08. The predicted octanol–water partition coefficient (Wildman–Crippen LogP) is 11.3. The molecular formula is C40H71NO5. The van der Waals surface area contributed by atoms with E-state index in [0.29, 0.717) is 12.8 Å². The van der Waals surface area contributed by atoms with E-state index in [0.717, 1.165) is 64.2 Å². The van der Waals surface area contributed by atoms with Gasteiger partial charge in [0.05, 0.1) is 0 Å². The van der Waals surface area contributed by atoms with Crippen LogP contribution in [0.25, 0.3) is 0 Å². The Hall–Kier alpha value is -2.37. The van der Waals surface area contributed by atoms with Crippen molar-refractivity contribution < 1.29 is 24.2 Å². The van der Waals surface area contributed by atoms with Gasteiger partial charge in [-0.05, 0) is 51.0 Å². The first-order valence-corrected chi connectivity index (χ1v) is 19.1. The van der Waals surface area contributed by atoms with Gasteiger partial charge in [0.25, 0.3) is 0 Å². The number of unbranched alkanes of at least 4 members (excludes halogenated alkanes) is 19. The molecule has 1 amide bonds. The molecule has 0 spiro atoms. The third kappa shape index (κ3) is 34.5. The van der Waals surface area contributed by atoms with Gasteiger partial charge in [-0.15, -0.1) is 0 Å². The van der Waals surface area contributed by atoms with Crippen LogP contribution in [0.1, 0.15) is 187 Å². The Balaban J connectivity index is 4.09. The van der Waals surface area contributed by atoms with E-state index in [1.165, 1.54) is 96.3 Å². The molecule has 1 atom stereocenters. The van der Waals surface area contributed by atoms with E-state index >= 15 is 0 Å². The van der Waals surface area contributed by atoms with Crippen LogP contribution in [-0.4, -0.2) is 35.6 Å². The lowest BCUT2D eigenvalue weighted by Gasteiger charge is -2.14. The second-order valence-corrected chi connectivity index (χ2v) is 12.8. The van der Waals surface area contributed by atoms with Gasteiger partial charge in [-0.3, -0.25) is 14.4 Å². The van der Waals surface area contributed by atoms with E-state index in [1.54, 1.807) is 0 Å². The molecule has 0 aromatic heterocycles. The van der Waals surface area contributed by atoms with Gasteiger partial charge in [0.2, 0.25) is 5.91 Å². The largest absolute Gasteiger partial charge is 0.480 e. The lowest BCUT2D eigenvalue weighted by molar-refractivity contribution is -0.147. The minimum absolute atomic E-state index is 0.106. The lowest BCUT2D eigenvalue weighted by atomic mass is 10.0. The number of nitrogens with one attached hydrogen (secondary N) is 1. The highest BCUT2D eigenvalue weighted by Gasteiger charge is 2.12. The minimum atomic E-state index is -1.03. The van der Waals surface area contributed by atoms with Gasteiger partial charge < -0.3 is 15.2 Å². The van der Waals surface area contributed by atoms with Crippen LogP contribution < -0.4 is 5.32 Å². The highest BCUT2D eigenvalue weighted by atomic mass is 16.5. The molecule has 0 aromatic carbocycles. The molecule has 0 bridgehead atoms. The number of carbonyl (C=O) groups is 3. The molecule has 46 heavy (non-hydrogen) atoms.